The van der Waals surface area contributed by atoms with Crippen LogP contribution in [0.4, 0.5) is 0 Å². The lowest BCUT2D eigenvalue weighted by molar-refractivity contribution is 0.437. The van der Waals surface area contributed by atoms with Gasteiger partial charge >= 0.3 is 0 Å². The summed E-state index contributed by atoms with van der Waals surface area (Å²) in [6, 6.07) is 8.96. The molecular weight excluding hydrogens is 292 g/mol. The zero-order chi connectivity index (χ0) is 13.7. The molecule has 2 N–H and O–H groups in total. The highest BCUT2D eigenvalue weighted by molar-refractivity contribution is 9.12. The van der Waals surface area contributed by atoms with E-state index in [9.17, 15) is 5.11 Å². The van der Waals surface area contributed by atoms with Gasteiger partial charge in [0.25, 0.3) is 0 Å². The number of hydrogen-bond acceptors (Lipinski definition) is 3. The molecule has 1 aromatic carbocycles. The summed E-state index contributed by atoms with van der Waals surface area (Å²) in [5.74, 6) is 0.0229. The summed E-state index contributed by atoms with van der Waals surface area (Å²) in [5, 5.41) is 26.3. The molecule has 0 fully saturated rings. The molecule has 0 aliphatic carbocycles. The van der Waals surface area contributed by atoms with E-state index >= 15 is 0 Å². The minimum Gasteiger partial charge on any atom is -0.506 e. The molecule has 0 bridgehead atoms. The molecule has 0 amide bonds. The van der Waals surface area contributed by atoms with Crippen LogP contribution in [-0.4, -0.2) is 10.8 Å². The summed E-state index contributed by atoms with van der Waals surface area (Å²) in [6.45, 7) is 3.40. The first-order valence-corrected chi connectivity index (χ1v) is 6.12. The summed E-state index contributed by atoms with van der Waals surface area (Å²) in [4.78, 5) is 0. The lowest BCUT2D eigenvalue weighted by atomic mass is 10.0. The Morgan fingerprint density at radius 3 is 2.33 bits per heavy atom. The van der Waals surface area contributed by atoms with Crippen molar-refractivity contribution in [2.75, 3.05) is 0 Å². The topological polar surface area (TPSA) is 67.9 Å². The largest absolute Gasteiger partial charge is 0.506 e. The van der Waals surface area contributed by atoms with Gasteiger partial charge in [0, 0.05) is 11.3 Å². The zero-order valence-electron chi connectivity index (χ0n) is 10.2. The second-order valence-electron chi connectivity index (χ2n) is 3.68. The number of nitrogens with zero attached hydrogens (tertiary/aromatic N) is 1. The maximum absolute atomic E-state index is 10.1. The average Bonchev–Trinajstić information content (AvgIpc) is 2.39. The summed E-state index contributed by atoms with van der Waals surface area (Å²) >= 11 is 3.19. The van der Waals surface area contributed by atoms with E-state index in [-0.39, 0.29) is 11.5 Å². The fraction of sp³-hybridized carbons (Fsp3) is 0.143. The minimum absolute atomic E-state index is 0.0229. The minimum atomic E-state index is 0.0229. The molecule has 0 saturated carbocycles. The summed E-state index contributed by atoms with van der Waals surface area (Å²) in [6.07, 6.45) is 1.76. The second kappa shape index (κ2) is 6.18. The monoisotopic (exact) mass is 304 g/mol. The van der Waals surface area contributed by atoms with Crippen LogP contribution in [0, 0.1) is 16.7 Å². The van der Waals surface area contributed by atoms with Gasteiger partial charge < -0.3 is 10.5 Å². The van der Waals surface area contributed by atoms with Crippen molar-refractivity contribution in [2.24, 2.45) is 0 Å². The van der Waals surface area contributed by atoms with Crippen LogP contribution in [0.1, 0.15) is 25.0 Å². The molecule has 0 heterocycles. The van der Waals surface area contributed by atoms with E-state index in [1.165, 1.54) is 0 Å². The highest BCUT2D eigenvalue weighted by Crippen LogP contribution is 2.26. The predicted octanol–water partition coefficient (Wildman–Crippen LogP) is 4.17. The van der Waals surface area contributed by atoms with Crippen molar-refractivity contribution in [3.63, 3.8) is 0 Å². The van der Waals surface area contributed by atoms with Crippen LogP contribution in [0.5, 0.6) is 0 Å². The number of allylic oxidation sites excluding steroid dienone is 3. The van der Waals surface area contributed by atoms with Crippen LogP contribution in [0.3, 0.4) is 0 Å². The first-order chi connectivity index (χ1) is 8.51. The molecule has 4 heteroatoms. The van der Waals surface area contributed by atoms with E-state index in [2.05, 4.69) is 15.9 Å². The number of aliphatic hydroxyl groups excluding tert-OH is 1. The summed E-state index contributed by atoms with van der Waals surface area (Å²) < 4.78 is 0.361. The van der Waals surface area contributed by atoms with Crippen LogP contribution < -0.4 is 0 Å². The van der Waals surface area contributed by atoms with Gasteiger partial charge in [-0.25, -0.2) is 0 Å². The Bertz CT molecular complexity index is 562. The molecule has 1 aromatic rings. The van der Waals surface area contributed by atoms with Crippen LogP contribution in [0.2, 0.25) is 0 Å². The smallest absolute Gasteiger partial charge is 0.139 e. The molecule has 92 valence electrons. The maximum Gasteiger partial charge on any atom is 0.139 e. The average molecular weight is 305 g/mol. The van der Waals surface area contributed by atoms with Crippen molar-refractivity contribution < 1.29 is 5.11 Å². The van der Waals surface area contributed by atoms with Crippen molar-refractivity contribution in [3.8, 4) is 6.07 Å². The first kappa shape index (κ1) is 14.2. The summed E-state index contributed by atoms with van der Waals surface area (Å²) in [7, 11) is 0. The Morgan fingerprint density at radius 2 is 1.94 bits per heavy atom. The fourth-order valence-electron chi connectivity index (χ4n) is 1.46. The highest BCUT2D eigenvalue weighted by atomic mass is 79.9. The molecule has 0 spiro atoms. The number of nitrogens with one attached hydrogen (secondary N) is 1. The molecule has 0 aliphatic heterocycles. The Labute approximate surface area is 115 Å². The van der Waals surface area contributed by atoms with Crippen molar-refractivity contribution >= 4 is 27.2 Å². The summed E-state index contributed by atoms with van der Waals surface area (Å²) in [5.41, 5.74) is 2.24. The molecule has 0 unspecified atom stereocenters. The van der Waals surface area contributed by atoms with Gasteiger partial charge in [-0.05, 0) is 47.5 Å². The SMILES string of the molecule is C/C=C(\C(O)=C(\Br)C(C)=N)c1ccc(C#N)cc1. The number of nitriles is 1. The van der Waals surface area contributed by atoms with Gasteiger partial charge in [0.2, 0.25) is 0 Å². The molecule has 18 heavy (non-hydrogen) atoms. The number of rotatable bonds is 3. The molecule has 0 aromatic heterocycles. The third-order valence-electron chi connectivity index (χ3n) is 2.41. The van der Waals surface area contributed by atoms with E-state index in [0.717, 1.165) is 5.56 Å². The Kier molecular flexibility index (Phi) is 4.87. The molecule has 0 radical (unpaired) electrons. The Morgan fingerprint density at radius 1 is 1.39 bits per heavy atom. The van der Waals surface area contributed by atoms with Gasteiger partial charge in [-0.1, -0.05) is 18.2 Å². The van der Waals surface area contributed by atoms with Crippen LogP contribution in [0.15, 0.2) is 40.6 Å². The number of halogens is 1. The number of hydrogen-bond donors (Lipinski definition) is 2. The van der Waals surface area contributed by atoms with Gasteiger partial charge in [-0.15, -0.1) is 0 Å². The second-order valence-corrected chi connectivity index (χ2v) is 4.47. The van der Waals surface area contributed by atoms with Gasteiger partial charge in [-0.2, -0.15) is 5.26 Å². The predicted molar refractivity (Wildman–Crippen MR) is 76.8 cm³/mol. The number of aliphatic hydroxyl groups is 1. The van der Waals surface area contributed by atoms with Gasteiger partial charge in [0.1, 0.15) is 5.76 Å². The first-order valence-electron chi connectivity index (χ1n) is 5.32. The van der Waals surface area contributed by atoms with Crippen molar-refractivity contribution in [2.45, 2.75) is 13.8 Å². The van der Waals surface area contributed by atoms with Crippen molar-refractivity contribution in [3.05, 3.63) is 51.7 Å². The van der Waals surface area contributed by atoms with Crippen LogP contribution in [-0.2, 0) is 0 Å². The molecular formula is C14H13BrN2O. The quantitative estimate of drug-likeness (QED) is 0.500. The molecule has 0 aliphatic rings. The normalized spacial score (nSPS) is 12.7. The van der Waals surface area contributed by atoms with Crippen molar-refractivity contribution in [1.29, 1.82) is 10.7 Å². The highest BCUT2D eigenvalue weighted by Gasteiger charge is 2.11. The lowest BCUT2D eigenvalue weighted by Crippen LogP contribution is -1.97. The van der Waals surface area contributed by atoms with E-state index in [4.69, 9.17) is 10.7 Å². The van der Waals surface area contributed by atoms with E-state index in [1.807, 2.05) is 13.0 Å². The molecule has 3 nitrogen and oxygen atoms in total. The van der Waals surface area contributed by atoms with Gasteiger partial charge in [-0.3, -0.25) is 0 Å². The zero-order valence-corrected chi connectivity index (χ0v) is 11.7. The molecule has 0 saturated heterocycles. The maximum atomic E-state index is 10.1. The van der Waals surface area contributed by atoms with E-state index < -0.39 is 0 Å². The Hall–Kier alpha value is -1.86. The third-order valence-corrected chi connectivity index (χ3v) is 3.38. The fourth-order valence-corrected chi connectivity index (χ4v) is 1.67. The van der Waals surface area contributed by atoms with Gasteiger partial charge in [0.15, 0.2) is 0 Å². The number of benzene rings is 1. The lowest BCUT2D eigenvalue weighted by Gasteiger charge is -2.09. The van der Waals surface area contributed by atoms with Crippen LogP contribution >= 0.6 is 15.9 Å². The Balaban J connectivity index is 3.24. The van der Waals surface area contributed by atoms with Crippen molar-refractivity contribution in [1.82, 2.24) is 0 Å². The molecule has 1 rings (SSSR count). The third kappa shape index (κ3) is 3.08. The van der Waals surface area contributed by atoms with E-state index in [0.29, 0.717) is 15.6 Å². The van der Waals surface area contributed by atoms with Gasteiger partial charge in [0.05, 0.1) is 16.1 Å². The standard InChI is InChI=1S/C14H13BrN2O/c1-3-12(14(18)13(15)9(2)17)11-6-4-10(8-16)5-7-11/h3-7,17-18H,1-2H3/b12-3-,14-13-,17-9?. The van der Waals surface area contributed by atoms with E-state index in [1.54, 1.807) is 37.3 Å². The molecule has 0 atom stereocenters. The van der Waals surface area contributed by atoms with Crippen LogP contribution in [0.25, 0.3) is 5.57 Å².